The van der Waals surface area contributed by atoms with Crippen LogP contribution in [0.25, 0.3) is 0 Å². The molecule has 62 valence electrons. The van der Waals surface area contributed by atoms with Crippen molar-refractivity contribution in [3.8, 4) is 0 Å². The van der Waals surface area contributed by atoms with Crippen LogP contribution in [0.1, 0.15) is 33.1 Å². The lowest BCUT2D eigenvalue weighted by atomic mass is 10.00. The van der Waals surface area contributed by atoms with Gasteiger partial charge in [0.1, 0.15) is 0 Å². The van der Waals surface area contributed by atoms with Gasteiger partial charge in [-0.15, -0.1) is 0 Å². The average molecular weight is 144 g/mol. The van der Waals surface area contributed by atoms with E-state index in [-0.39, 0.29) is 0 Å². The largest absolute Gasteiger partial charge is 0.269 e. The number of hydrogen-bond donors (Lipinski definition) is 1. The Balaban J connectivity index is 3.26. The molecule has 0 heterocycles. The van der Waals surface area contributed by atoms with Gasteiger partial charge < -0.3 is 0 Å². The second-order valence-corrected chi connectivity index (χ2v) is 2.95. The first-order chi connectivity index (χ1) is 4.70. The molecule has 0 saturated carbocycles. The summed E-state index contributed by atoms with van der Waals surface area (Å²) in [6.07, 6.45) is 3.80. The fourth-order valence-electron chi connectivity index (χ4n) is 1.08. The molecule has 0 aromatic carbocycles. The van der Waals surface area contributed by atoms with Gasteiger partial charge in [0.15, 0.2) is 0 Å². The molecule has 0 aromatic rings. The SMILES string of the molecule is CCC(CC)CCN(C)N. The van der Waals surface area contributed by atoms with Crippen LogP contribution in [0.3, 0.4) is 0 Å². The van der Waals surface area contributed by atoms with Crippen molar-refractivity contribution in [2.75, 3.05) is 13.6 Å². The third-order valence-corrected chi connectivity index (χ3v) is 2.04. The molecule has 0 rings (SSSR count). The Kier molecular flexibility index (Phi) is 5.64. The Morgan fingerprint density at radius 1 is 1.30 bits per heavy atom. The van der Waals surface area contributed by atoms with Gasteiger partial charge in [-0.2, -0.15) is 0 Å². The molecular formula is C8H20N2. The highest BCUT2D eigenvalue weighted by Gasteiger charge is 2.02. The molecule has 0 aliphatic heterocycles. The van der Waals surface area contributed by atoms with Crippen LogP contribution in [0.2, 0.25) is 0 Å². The summed E-state index contributed by atoms with van der Waals surface area (Å²) >= 11 is 0. The van der Waals surface area contributed by atoms with Crippen LogP contribution in [0.4, 0.5) is 0 Å². The average Bonchev–Trinajstić information content (AvgIpc) is 1.90. The van der Waals surface area contributed by atoms with Crippen molar-refractivity contribution >= 4 is 0 Å². The van der Waals surface area contributed by atoms with Gasteiger partial charge in [-0.05, 0) is 12.3 Å². The smallest absolute Gasteiger partial charge is 0.0128 e. The predicted molar refractivity (Wildman–Crippen MR) is 45.5 cm³/mol. The normalized spacial score (nSPS) is 11.4. The van der Waals surface area contributed by atoms with E-state index in [4.69, 9.17) is 5.84 Å². The monoisotopic (exact) mass is 144 g/mol. The van der Waals surface area contributed by atoms with Crippen molar-refractivity contribution in [2.45, 2.75) is 33.1 Å². The van der Waals surface area contributed by atoms with Gasteiger partial charge in [0.25, 0.3) is 0 Å². The summed E-state index contributed by atoms with van der Waals surface area (Å²) in [5.74, 6) is 6.35. The van der Waals surface area contributed by atoms with E-state index in [9.17, 15) is 0 Å². The van der Waals surface area contributed by atoms with E-state index in [2.05, 4.69) is 13.8 Å². The van der Waals surface area contributed by atoms with E-state index in [1.165, 1.54) is 19.3 Å². The molecule has 10 heavy (non-hydrogen) atoms. The molecular weight excluding hydrogens is 124 g/mol. The lowest BCUT2D eigenvalue weighted by molar-refractivity contribution is 0.302. The highest BCUT2D eigenvalue weighted by Crippen LogP contribution is 2.11. The maximum atomic E-state index is 5.48. The molecule has 0 radical (unpaired) electrons. The molecule has 0 spiro atoms. The zero-order valence-corrected chi connectivity index (χ0v) is 7.43. The first-order valence-corrected chi connectivity index (χ1v) is 4.16. The highest BCUT2D eigenvalue weighted by atomic mass is 15.4. The third-order valence-electron chi connectivity index (χ3n) is 2.04. The summed E-state index contributed by atoms with van der Waals surface area (Å²) in [5, 5.41) is 1.76. The summed E-state index contributed by atoms with van der Waals surface area (Å²) in [4.78, 5) is 0. The van der Waals surface area contributed by atoms with E-state index >= 15 is 0 Å². The van der Waals surface area contributed by atoms with Crippen molar-refractivity contribution in [1.82, 2.24) is 5.01 Å². The molecule has 2 nitrogen and oxygen atoms in total. The Labute approximate surface area is 64.4 Å². The molecule has 2 heteroatoms. The minimum absolute atomic E-state index is 0.867. The van der Waals surface area contributed by atoms with Gasteiger partial charge in [0.2, 0.25) is 0 Å². The van der Waals surface area contributed by atoms with Crippen LogP contribution in [0, 0.1) is 5.92 Å². The van der Waals surface area contributed by atoms with Crippen molar-refractivity contribution < 1.29 is 0 Å². The predicted octanol–water partition coefficient (Wildman–Crippen LogP) is 1.62. The van der Waals surface area contributed by atoms with Crippen molar-refractivity contribution in [3.63, 3.8) is 0 Å². The van der Waals surface area contributed by atoms with E-state index in [1.807, 2.05) is 7.05 Å². The number of hydrazine groups is 1. The van der Waals surface area contributed by atoms with Gasteiger partial charge in [-0.1, -0.05) is 26.7 Å². The van der Waals surface area contributed by atoms with E-state index in [0.29, 0.717) is 0 Å². The van der Waals surface area contributed by atoms with Gasteiger partial charge in [0.05, 0.1) is 0 Å². The van der Waals surface area contributed by atoms with Crippen LogP contribution in [0.15, 0.2) is 0 Å². The molecule has 0 amide bonds. The van der Waals surface area contributed by atoms with Crippen LogP contribution in [0.5, 0.6) is 0 Å². The zero-order valence-electron chi connectivity index (χ0n) is 7.43. The summed E-state index contributed by atoms with van der Waals surface area (Å²) in [7, 11) is 1.92. The zero-order chi connectivity index (χ0) is 7.98. The first-order valence-electron chi connectivity index (χ1n) is 4.16. The number of hydrogen-bond acceptors (Lipinski definition) is 2. The second-order valence-electron chi connectivity index (χ2n) is 2.95. The summed E-state index contributed by atoms with van der Waals surface area (Å²) in [6.45, 7) is 5.50. The Hall–Kier alpha value is -0.0800. The van der Waals surface area contributed by atoms with Crippen LogP contribution < -0.4 is 5.84 Å². The summed E-state index contributed by atoms with van der Waals surface area (Å²) in [6, 6.07) is 0. The summed E-state index contributed by atoms with van der Waals surface area (Å²) in [5.41, 5.74) is 0. The van der Waals surface area contributed by atoms with Crippen molar-refractivity contribution in [3.05, 3.63) is 0 Å². The van der Waals surface area contributed by atoms with Crippen LogP contribution >= 0.6 is 0 Å². The number of nitrogens with two attached hydrogens (primary N) is 1. The van der Waals surface area contributed by atoms with Crippen molar-refractivity contribution in [2.24, 2.45) is 11.8 Å². The van der Waals surface area contributed by atoms with Crippen LogP contribution in [-0.4, -0.2) is 18.6 Å². The van der Waals surface area contributed by atoms with E-state index in [1.54, 1.807) is 5.01 Å². The molecule has 0 fully saturated rings. The van der Waals surface area contributed by atoms with E-state index < -0.39 is 0 Å². The highest BCUT2D eigenvalue weighted by molar-refractivity contribution is 4.55. The van der Waals surface area contributed by atoms with Gasteiger partial charge in [-0.25, -0.2) is 0 Å². The first kappa shape index (κ1) is 9.92. The molecule has 0 unspecified atom stereocenters. The number of rotatable bonds is 5. The molecule has 0 atom stereocenters. The quantitative estimate of drug-likeness (QED) is 0.469. The molecule has 2 N–H and O–H groups in total. The Bertz CT molecular complexity index is 67.7. The van der Waals surface area contributed by atoms with Gasteiger partial charge in [0, 0.05) is 13.6 Å². The maximum absolute atomic E-state index is 5.48. The van der Waals surface area contributed by atoms with Crippen molar-refractivity contribution in [1.29, 1.82) is 0 Å². The standard InChI is InChI=1S/C8H20N2/c1-4-8(5-2)6-7-10(3)9/h8H,4-7,9H2,1-3H3. The maximum Gasteiger partial charge on any atom is 0.0128 e. The summed E-state index contributed by atoms with van der Waals surface area (Å²) < 4.78 is 0. The molecule has 0 aromatic heterocycles. The minimum Gasteiger partial charge on any atom is -0.269 e. The fourth-order valence-corrected chi connectivity index (χ4v) is 1.08. The third kappa shape index (κ3) is 4.77. The van der Waals surface area contributed by atoms with E-state index in [0.717, 1.165) is 12.5 Å². The molecule has 0 aliphatic rings. The van der Waals surface area contributed by atoms with Gasteiger partial charge >= 0.3 is 0 Å². The Morgan fingerprint density at radius 2 is 1.80 bits per heavy atom. The molecule has 0 bridgehead atoms. The number of nitrogens with zero attached hydrogens (tertiary/aromatic N) is 1. The minimum atomic E-state index is 0.867. The lowest BCUT2D eigenvalue weighted by Crippen LogP contribution is -2.28. The molecule has 0 saturated heterocycles. The fraction of sp³-hybridized carbons (Fsp3) is 1.00. The topological polar surface area (TPSA) is 29.3 Å². The second kappa shape index (κ2) is 5.69. The molecule has 0 aliphatic carbocycles. The Morgan fingerprint density at radius 3 is 2.10 bits per heavy atom. The lowest BCUT2D eigenvalue weighted by Gasteiger charge is -2.15. The van der Waals surface area contributed by atoms with Crippen LogP contribution in [-0.2, 0) is 0 Å². The van der Waals surface area contributed by atoms with Gasteiger partial charge in [-0.3, -0.25) is 10.9 Å².